The molecule has 0 aromatic heterocycles. The molecule has 1 aliphatic heterocycles. The molecule has 0 aromatic carbocycles. The van der Waals surface area contributed by atoms with Crippen LogP contribution in [0.2, 0.25) is 0 Å². The highest BCUT2D eigenvalue weighted by molar-refractivity contribution is 6.35. The van der Waals surface area contributed by atoms with Gasteiger partial charge >= 0.3 is 0 Å². The molecule has 2 rings (SSSR count). The number of nitrogens with zero attached hydrogens (tertiary/aromatic N) is 2. The first-order valence-corrected chi connectivity index (χ1v) is 9.36. The first-order valence-electron chi connectivity index (χ1n) is 8.98. The lowest BCUT2D eigenvalue weighted by Crippen LogP contribution is -2.54. The second-order valence-electron chi connectivity index (χ2n) is 6.62. The third-order valence-corrected chi connectivity index (χ3v) is 5.01. The average Bonchev–Trinajstić information content (AvgIpc) is 2.64. The van der Waals surface area contributed by atoms with Crippen LogP contribution < -0.4 is 11.1 Å². The summed E-state index contributed by atoms with van der Waals surface area (Å²) in [5.41, 5.74) is 5.94. The highest BCUT2D eigenvalue weighted by Gasteiger charge is 2.29. The van der Waals surface area contributed by atoms with E-state index in [-0.39, 0.29) is 24.7 Å². The van der Waals surface area contributed by atoms with Gasteiger partial charge in [0.05, 0.1) is 5.70 Å². The number of ketones is 1. The second-order valence-corrected chi connectivity index (χ2v) is 7.08. The quantitative estimate of drug-likeness (QED) is 0.600. The molecule has 27 heavy (non-hydrogen) atoms. The number of nitrogens with one attached hydrogen (secondary N) is 1. The summed E-state index contributed by atoms with van der Waals surface area (Å²) in [5, 5.41) is 3.40. The molecule has 9 heteroatoms. The van der Waals surface area contributed by atoms with Crippen molar-refractivity contribution in [3.63, 3.8) is 0 Å². The fourth-order valence-corrected chi connectivity index (χ4v) is 3.48. The standard InChI is InChI=1S/C18H25ClN4O4/c1-12(24)21-14(6-7-16(25)17(20)26)18(27)23-10-8-22(9-11-23)15-5-3-2-4-13(15)19/h3,5,14H,2,4,6-11H2,1H3,(H2,20,26)(H,21,24). The topological polar surface area (TPSA) is 113 Å². The van der Waals surface area contributed by atoms with E-state index in [2.05, 4.69) is 16.3 Å². The van der Waals surface area contributed by atoms with E-state index in [4.69, 9.17) is 17.3 Å². The normalized spacial score (nSPS) is 18.3. The maximum absolute atomic E-state index is 12.8. The highest BCUT2D eigenvalue weighted by atomic mass is 35.5. The van der Waals surface area contributed by atoms with Gasteiger partial charge in [-0.2, -0.15) is 0 Å². The predicted molar refractivity (Wildman–Crippen MR) is 100 cm³/mol. The third-order valence-electron chi connectivity index (χ3n) is 4.63. The summed E-state index contributed by atoms with van der Waals surface area (Å²) in [6.07, 6.45) is 5.72. The van der Waals surface area contributed by atoms with Crippen molar-refractivity contribution in [1.82, 2.24) is 15.1 Å². The number of Topliss-reactive ketones (excluding diaryl/α,β-unsaturated/α-hetero) is 1. The molecule has 8 nitrogen and oxygen atoms in total. The minimum absolute atomic E-state index is 0.0418. The molecule has 1 unspecified atom stereocenters. The van der Waals surface area contributed by atoms with E-state index in [0.29, 0.717) is 26.2 Å². The van der Waals surface area contributed by atoms with Gasteiger partial charge in [-0.3, -0.25) is 19.2 Å². The number of piperazine rings is 1. The molecule has 148 valence electrons. The molecule has 0 saturated carbocycles. The largest absolute Gasteiger partial charge is 0.367 e. The minimum Gasteiger partial charge on any atom is -0.367 e. The Hall–Kier alpha value is -2.35. The number of carbonyl (C=O) groups is 4. The van der Waals surface area contributed by atoms with E-state index < -0.39 is 17.7 Å². The number of allylic oxidation sites excluding steroid dienone is 3. The summed E-state index contributed by atoms with van der Waals surface area (Å²) in [6, 6.07) is -0.852. The first kappa shape index (κ1) is 21.0. The third kappa shape index (κ3) is 5.82. The fourth-order valence-electron chi connectivity index (χ4n) is 3.19. The van der Waals surface area contributed by atoms with Crippen molar-refractivity contribution in [1.29, 1.82) is 0 Å². The van der Waals surface area contributed by atoms with E-state index in [0.717, 1.165) is 23.6 Å². The lowest BCUT2D eigenvalue weighted by atomic mass is 10.1. The SMILES string of the molecule is CC(=O)NC(CCC(=O)C(N)=O)C(=O)N1CCN(C2=C(Cl)CCC=C2)CC1. The molecular formula is C18H25ClN4O4. The summed E-state index contributed by atoms with van der Waals surface area (Å²) in [5.74, 6) is -2.43. The van der Waals surface area contributed by atoms with Crippen molar-refractivity contribution in [2.24, 2.45) is 5.73 Å². The summed E-state index contributed by atoms with van der Waals surface area (Å²) in [7, 11) is 0. The molecule has 0 radical (unpaired) electrons. The van der Waals surface area contributed by atoms with Crippen LogP contribution in [0.25, 0.3) is 0 Å². The lowest BCUT2D eigenvalue weighted by molar-refractivity contribution is -0.139. The van der Waals surface area contributed by atoms with Crippen molar-refractivity contribution in [3.05, 3.63) is 22.9 Å². The molecule has 3 N–H and O–H groups in total. The van der Waals surface area contributed by atoms with E-state index in [1.807, 2.05) is 6.08 Å². The van der Waals surface area contributed by atoms with Gasteiger partial charge in [0, 0.05) is 44.6 Å². The summed E-state index contributed by atoms with van der Waals surface area (Å²) in [4.78, 5) is 50.3. The molecule has 1 aliphatic carbocycles. The zero-order valence-electron chi connectivity index (χ0n) is 15.4. The molecule has 0 bridgehead atoms. The predicted octanol–water partition coefficient (Wildman–Crippen LogP) is 0.270. The van der Waals surface area contributed by atoms with Crippen molar-refractivity contribution >= 4 is 35.1 Å². The van der Waals surface area contributed by atoms with Crippen molar-refractivity contribution in [2.75, 3.05) is 26.2 Å². The van der Waals surface area contributed by atoms with Gasteiger partial charge in [0.15, 0.2) is 0 Å². The first-order chi connectivity index (χ1) is 12.8. The Morgan fingerprint density at radius 1 is 1.22 bits per heavy atom. The molecule has 1 atom stereocenters. The second kappa shape index (κ2) is 9.55. The van der Waals surface area contributed by atoms with Gasteiger partial charge in [0.25, 0.3) is 5.91 Å². The lowest BCUT2D eigenvalue weighted by Gasteiger charge is -2.38. The van der Waals surface area contributed by atoms with Crippen LogP contribution in [-0.4, -0.2) is 65.5 Å². The molecule has 2 aliphatic rings. The Balaban J connectivity index is 1.95. The van der Waals surface area contributed by atoms with Gasteiger partial charge in [-0.1, -0.05) is 17.7 Å². The Kier molecular flexibility index (Phi) is 7.41. The van der Waals surface area contributed by atoms with Crippen LogP contribution >= 0.6 is 11.6 Å². The smallest absolute Gasteiger partial charge is 0.284 e. The monoisotopic (exact) mass is 396 g/mol. The summed E-state index contributed by atoms with van der Waals surface area (Å²) in [6.45, 7) is 3.54. The molecular weight excluding hydrogens is 372 g/mol. The number of hydrogen-bond acceptors (Lipinski definition) is 5. The number of primary amides is 1. The van der Waals surface area contributed by atoms with Crippen molar-refractivity contribution in [3.8, 4) is 0 Å². The van der Waals surface area contributed by atoms with E-state index >= 15 is 0 Å². The van der Waals surface area contributed by atoms with Gasteiger partial charge in [-0.15, -0.1) is 0 Å². The minimum atomic E-state index is -1.04. The number of amides is 3. The Morgan fingerprint density at radius 3 is 2.44 bits per heavy atom. The van der Waals surface area contributed by atoms with Crippen molar-refractivity contribution in [2.45, 2.75) is 38.6 Å². The van der Waals surface area contributed by atoms with E-state index in [9.17, 15) is 19.2 Å². The van der Waals surface area contributed by atoms with Gasteiger partial charge in [-0.25, -0.2) is 0 Å². The van der Waals surface area contributed by atoms with E-state index in [1.54, 1.807) is 4.90 Å². The van der Waals surface area contributed by atoms with Gasteiger partial charge in [0.1, 0.15) is 6.04 Å². The van der Waals surface area contributed by atoms with Crippen LogP contribution in [0.1, 0.15) is 32.6 Å². The van der Waals surface area contributed by atoms with Crippen LogP contribution in [0.3, 0.4) is 0 Å². The maximum Gasteiger partial charge on any atom is 0.284 e. The number of nitrogens with two attached hydrogens (primary N) is 1. The molecule has 3 amide bonds. The summed E-state index contributed by atoms with van der Waals surface area (Å²) < 4.78 is 0. The van der Waals surface area contributed by atoms with Crippen LogP contribution in [-0.2, 0) is 19.2 Å². The fraction of sp³-hybridized carbons (Fsp3) is 0.556. The van der Waals surface area contributed by atoms with Crippen LogP contribution in [0.15, 0.2) is 22.9 Å². The maximum atomic E-state index is 12.8. The van der Waals surface area contributed by atoms with Gasteiger partial charge < -0.3 is 20.9 Å². The van der Waals surface area contributed by atoms with Gasteiger partial charge in [-0.05, 0) is 25.3 Å². The zero-order valence-corrected chi connectivity index (χ0v) is 16.1. The van der Waals surface area contributed by atoms with Crippen LogP contribution in [0.4, 0.5) is 0 Å². The Morgan fingerprint density at radius 2 is 1.89 bits per heavy atom. The Bertz CT molecular complexity index is 681. The van der Waals surface area contributed by atoms with Gasteiger partial charge in [0.2, 0.25) is 17.6 Å². The molecule has 1 fully saturated rings. The summed E-state index contributed by atoms with van der Waals surface area (Å²) >= 11 is 6.31. The van der Waals surface area contributed by atoms with Crippen LogP contribution in [0.5, 0.6) is 0 Å². The van der Waals surface area contributed by atoms with E-state index in [1.165, 1.54) is 6.92 Å². The number of halogens is 1. The Labute approximate surface area is 163 Å². The van der Waals surface area contributed by atoms with Crippen molar-refractivity contribution < 1.29 is 19.2 Å². The number of rotatable bonds is 7. The zero-order chi connectivity index (χ0) is 20.0. The molecule has 0 spiro atoms. The highest BCUT2D eigenvalue weighted by Crippen LogP contribution is 2.26. The van der Waals surface area contributed by atoms with Crippen LogP contribution in [0, 0.1) is 0 Å². The molecule has 1 saturated heterocycles. The average molecular weight is 397 g/mol. The molecule has 1 heterocycles. The molecule has 0 aromatic rings. The number of hydrogen-bond donors (Lipinski definition) is 2. The number of carbonyl (C=O) groups excluding carboxylic acids is 4.